The molecule has 0 spiro atoms. The summed E-state index contributed by atoms with van der Waals surface area (Å²) in [6.45, 7) is 0. The van der Waals surface area contributed by atoms with Gasteiger partial charge in [-0.2, -0.15) is 13.2 Å². The van der Waals surface area contributed by atoms with Crippen LogP contribution in [0.1, 0.15) is 16.1 Å². The molecule has 0 atom stereocenters. The lowest BCUT2D eigenvalue weighted by Crippen LogP contribution is -2.12. The molecule has 1 aromatic heterocycles. The Labute approximate surface area is 75.0 Å². The lowest BCUT2D eigenvalue weighted by atomic mass is 10.2. The highest BCUT2D eigenvalue weighted by molar-refractivity contribution is 5.87. The third-order valence-electron chi connectivity index (χ3n) is 1.36. The normalized spacial score (nSPS) is 11.4. The van der Waals surface area contributed by atoms with Gasteiger partial charge in [-0.1, -0.05) is 0 Å². The van der Waals surface area contributed by atoms with Crippen molar-refractivity contribution < 1.29 is 27.5 Å². The van der Waals surface area contributed by atoms with Crippen molar-refractivity contribution in [2.24, 2.45) is 0 Å². The first-order valence-corrected chi connectivity index (χ1v) is 3.28. The fourth-order valence-electron chi connectivity index (χ4n) is 0.763. The van der Waals surface area contributed by atoms with E-state index in [0.717, 1.165) is 0 Å². The molecule has 0 aliphatic rings. The molecule has 0 radical (unpaired) electrons. The second-order valence-electron chi connectivity index (χ2n) is 2.36. The van der Waals surface area contributed by atoms with Crippen LogP contribution in [0, 0.1) is 5.82 Å². The molecule has 1 aromatic rings. The van der Waals surface area contributed by atoms with Gasteiger partial charge in [-0.3, -0.25) is 0 Å². The lowest BCUT2D eigenvalue weighted by Gasteiger charge is -2.06. The van der Waals surface area contributed by atoms with Gasteiger partial charge in [-0.25, -0.2) is 14.2 Å². The molecule has 0 saturated carbocycles. The van der Waals surface area contributed by atoms with Gasteiger partial charge in [0.2, 0.25) is 0 Å². The van der Waals surface area contributed by atoms with Crippen LogP contribution in [0.15, 0.2) is 12.3 Å². The summed E-state index contributed by atoms with van der Waals surface area (Å²) in [6, 6.07) is 0.276. The van der Waals surface area contributed by atoms with Gasteiger partial charge in [-0.05, 0) is 6.07 Å². The van der Waals surface area contributed by atoms with E-state index in [1.165, 1.54) is 0 Å². The van der Waals surface area contributed by atoms with Crippen molar-refractivity contribution in [1.29, 1.82) is 0 Å². The monoisotopic (exact) mass is 209 g/mol. The first kappa shape index (κ1) is 10.4. The summed E-state index contributed by atoms with van der Waals surface area (Å²) in [5, 5.41) is 8.32. The van der Waals surface area contributed by atoms with E-state index in [9.17, 15) is 22.4 Å². The average molecular weight is 209 g/mol. The number of carboxylic acids is 1. The minimum absolute atomic E-state index is 0.276. The fourth-order valence-corrected chi connectivity index (χ4v) is 0.763. The number of carbonyl (C=O) groups is 1. The minimum Gasteiger partial charge on any atom is -0.478 e. The Kier molecular flexibility index (Phi) is 2.41. The van der Waals surface area contributed by atoms with E-state index >= 15 is 0 Å². The maximum atomic E-state index is 12.7. The molecule has 0 bridgehead atoms. The maximum Gasteiger partial charge on any atom is 0.436 e. The Bertz CT molecular complexity index is 374. The molecular weight excluding hydrogens is 206 g/mol. The van der Waals surface area contributed by atoms with Crippen molar-refractivity contribution in [3.63, 3.8) is 0 Å². The van der Waals surface area contributed by atoms with Crippen LogP contribution in [-0.2, 0) is 6.18 Å². The number of hydrogen-bond donors (Lipinski definition) is 1. The number of pyridine rings is 1. The first-order valence-electron chi connectivity index (χ1n) is 3.28. The Balaban J connectivity index is 3.21. The highest BCUT2D eigenvalue weighted by Crippen LogP contribution is 2.29. The summed E-state index contributed by atoms with van der Waals surface area (Å²) in [4.78, 5) is 12.9. The molecular formula is C7H3F4NO2. The molecule has 0 unspecified atom stereocenters. The van der Waals surface area contributed by atoms with Crippen LogP contribution >= 0.6 is 0 Å². The van der Waals surface area contributed by atoms with Crippen LogP contribution < -0.4 is 0 Å². The van der Waals surface area contributed by atoms with Crippen LogP contribution in [-0.4, -0.2) is 16.1 Å². The number of aromatic carboxylic acids is 1. The topological polar surface area (TPSA) is 50.2 Å². The third-order valence-corrected chi connectivity index (χ3v) is 1.36. The van der Waals surface area contributed by atoms with E-state index in [1.807, 2.05) is 0 Å². The summed E-state index contributed by atoms with van der Waals surface area (Å²) < 4.78 is 48.5. The molecule has 0 aliphatic heterocycles. The van der Waals surface area contributed by atoms with Crippen LogP contribution in [0.2, 0.25) is 0 Å². The second-order valence-corrected chi connectivity index (χ2v) is 2.36. The third kappa shape index (κ3) is 1.98. The van der Waals surface area contributed by atoms with Crippen molar-refractivity contribution in [2.75, 3.05) is 0 Å². The van der Waals surface area contributed by atoms with Crippen molar-refractivity contribution in [3.8, 4) is 0 Å². The van der Waals surface area contributed by atoms with Gasteiger partial charge in [0.15, 0.2) is 11.5 Å². The fraction of sp³-hybridized carbons (Fsp3) is 0.143. The van der Waals surface area contributed by atoms with Gasteiger partial charge in [-0.15, -0.1) is 0 Å². The highest BCUT2D eigenvalue weighted by atomic mass is 19.4. The molecule has 0 aliphatic carbocycles. The largest absolute Gasteiger partial charge is 0.478 e. The highest BCUT2D eigenvalue weighted by Gasteiger charge is 2.36. The molecule has 0 fully saturated rings. The van der Waals surface area contributed by atoms with Gasteiger partial charge in [0, 0.05) is 6.20 Å². The predicted octanol–water partition coefficient (Wildman–Crippen LogP) is 1.94. The molecule has 1 heterocycles. The molecule has 7 heteroatoms. The van der Waals surface area contributed by atoms with Crippen LogP contribution in [0.3, 0.4) is 0 Å². The van der Waals surface area contributed by atoms with E-state index in [2.05, 4.69) is 4.98 Å². The van der Waals surface area contributed by atoms with E-state index in [0.29, 0.717) is 6.20 Å². The van der Waals surface area contributed by atoms with Crippen LogP contribution in [0.25, 0.3) is 0 Å². The van der Waals surface area contributed by atoms with E-state index < -0.39 is 29.2 Å². The molecule has 0 amide bonds. The molecule has 14 heavy (non-hydrogen) atoms. The lowest BCUT2D eigenvalue weighted by molar-refractivity contribution is -0.143. The maximum absolute atomic E-state index is 12.7. The number of aromatic nitrogens is 1. The minimum atomic E-state index is -4.92. The Hall–Kier alpha value is -1.66. The molecule has 0 saturated heterocycles. The average Bonchev–Trinajstić information content (AvgIpc) is 2.01. The number of alkyl halides is 3. The Morgan fingerprint density at radius 3 is 2.36 bits per heavy atom. The Morgan fingerprint density at radius 1 is 1.43 bits per heavy atom. The van der Waals surface area contributed by atoms with E-state index in [4.69, 9.17) is 5.11 Å². The number of hydrogen-bond acceptors (Lipinski definition) is 2. The Morgan fingerprint density at radius 2 is 2.00 bits per heavy atom. The SMILES string of the molecule is O=C(O)c1cnc(C(F)(F)F)c(F)c1. The first-order chi connectivity index (χ1) is 6.32. The summed E-state index contributed by atoms with van der Waals surface area (Å²) in [7, 11) is 0. The van der Waals surface area contributed by atoms with Gasteiger partial charge in [0.05, 0.1) is 5.56 Å². The predicted molar refractivity (Wildman–Crippen MR) is 36.2 cm³/mol. The zero-order valence-corrected chi connectivity index (χ0v) is 6.47. The van der Waals surface area contributed by atoms with Crippen molar-refractivity contribution in [3.05, 3.63) is 29.3 Å². The van der Waals surface area contributed by atoms with Gasteiger partial charge < -0.3 is 5.11 Å². The summed E-state index contributed by atoms with van der Waals surface area (Å²) in [6.07, 6.45) is -4.46. The zero-order chi connectivity index (χ0) is 10.9. The number of carboxylic acid groups (broad SMARTS) is 1. The van der Waals surface area contributed by atoms with Gasteiger partial charge >= 0.3 is 12.1 Å². The molecule has 3 nitrogen and oxygen atoms in total. The van der Waals surface area contributed by atoms with E-state index in [-0.39, 0.29) is 6.07 Å². The quantitative estimate of drug-likeness (QED) is 0.719. The van der Waals surface area contributed by atoms with Gasteiger partial charge in [0.25, 0.3) is 0 Å². The standard InChI is InChI=1S/C7H3F4NO2/c8-4-1-3(6(13)14)2-12-5(4)7(9,10)11/h1-2H,(H,13,14). The van der Waals surface area contributed by atoms with E-state index in [1.54, 1.807) is 0 Å². The zero-order valence-electron chi connectivity index (χ0n) is 6.47. The van der Waals surface area contributed by atoms with Crippen LogP contribution in [0.5, 0.6) is 0 Å². The summed E-state index contributed by atoms with van der Waals surface area (Å²) >= 11 is 0. The number of rotatable bonds is 1. The molecule has 1 N–H and O–H groups in total. The molecule has 76 valence electrons. The van der Waals surface area contributed by atoms with Crippen molar-refractivity contribution in [2.45, 2.75) is 6.18 Å². The van der Waals surface area contributed by atoms with Crippen molar-refractivity contribution in [1.82, 2.24) is 4.98 Å². The summed E-state index contributed by atoms with van der Waals surface area (Å²) in [5.41, 5.74) is -2.35. The molecule has 0 aromatic carbocycles. The second kappa shape index (κ2) is 3.24. The smallest absolute Gasteiger partial charge is 0.436 e. The van der Waals surface area contributed by atoms with Crippen LogP contribution in [0.4, 0.5) is 17.6 Å². The van der Waals surface area contributed by atoms with Gasteiger partial charge in [0.1, 0.15) is 0 Å². The number of nitrogens with zero attached hydrogens (tertiary/aromatic N) is 1. The number of halogens is 4. The summed E-state index contributed by atoms with van der Waals surface area (Å²) in [5.74, 6) is -3.23. The van der Waals surface area contributed by atoms with Crippen molar-refractivity contribution >= 4 is 5.97 Å². The molecule has 1 rings (SSSR count).